The van der Waals surface area contributed by atoms with Gasteiger partial charge in [-0.25, -0.2) is 4.79 Å². The first-order valence-electron chi connectivity index (χ1n) is 9.20. The van der Waals surface area contributed by atoms with Crippen LogP contribution >= 0.6 is 0 Å². The summed E-state index contributed by atoms with van der Waals surface area (Å²) in [6.45, 7) is 0. The van der Waals surface area contributed by atoms with Crippen molar-refractivity contribution in [3.63, 3.8) is 0 Å². The topological polar surface area (TPSA) is 94.2 Å². The minimum atomic E-state index is -0.712. The standard InChI is InChI=1S/C20H24N2O6/c1-26-15-10-12(11-16(27-2)17(15)28-3)9-14-18(23)21-20(25)22(19(14)24)13-7-5-4-6-8-13/h9-11,13H,4-8H2,1-3H3,(H,21,23,25)/b14-9+. The second-order valence-corrected chi connectivity index (χ2v) is 6.74. The Morgan fingerprint density at radius 3 is 2.11 bits per heavy atom. The van der Waals surface area contributed by atoms with Crippen LogP contribution in [0, 0.1) is 0 Å². The second-order valence-electron chi connectivity index (χ2n) is 6.74. The first kappa shape index (κ1) is 19.7. The van der Waals surface area contributed by atoms with E-state index < -0.39 is 17.8 Å². The van der Waals surface area contributed by atoms with Gasteiger partial charge in [0, 0.05) is 6.04 Å². The lowest BCUT2D eigenvalue weighted by Gasteiger charge is -2.35. The van der Waals surface area contributed by atoms with Gasteiger partial charge in [0.05, 0.1) is 21.3 Å². The van der Waals surface area contributed by atoms with E-state index >= 15 is 0 Å². The van der Waals surface area contributed by atoms with Gasteiger partial charge in [-0.1, -0.05) is 19.3 Å². The number of carbonyl (C=O) groups excluding carboxylic acids is 3. The van der Waals surface area contributed by atoms with Gasteiger partial charge in [-0.2, -0.15) is 0 Å². The molecule has 1 heterocycles. The van der Waals surface area contributed by atoms with Crippen LogP contribution in [0.25, 0.3) is 6.08 Å². The van der Waals surface area contributed by atoms with Gasteiger partial charge in [0.25, 0.3) is 11.8 Å². The average molecular weight is 388 g/mol. The summed E-state index contributed by atoms with van der Waals surface area (Å²) in [4.78, 5) is 38.8. The molecule has 8 nitrogen and oxygen atoms in total. The zero-order valence-corrected chi connectivity index (χ0v) is 16.2. The lowest BCUT2D eigenvalue weighted by Crippen LogP contribution is -2.58. The summed E-state index contributed by atoms with van der Waals surface area (Å²) in [5, 5.41) is 2.28. The van der Waals surface area contributed by atoms with Gasteiger partial charge in [-0.15, -0.1) is 0 Å². The zero-order valence-electron chi connectivity index (χ0n) is 16.2. The second kappa shape index (κ2) is 8.33. The first-order chi connectivity index (χ1) is 13.5. The number of nitrogens with one attached hydrogen (secondary N) is 1. The van der Waals surface area contributed by atoms with Crippen LogP contribution in [0.1, 0.15) is 37.7 Å². The van der Waals surface area contributed by atoms with Crippen molar-refractivity contribution >= 4 is 23.9 Å². The maximum absolute atomic E-state index is 13.0. The third-order valence-corrected chi connectivity index (χ3v) is 5.07. The number of carbonyl (C=O) groups is 3. The molecule has 1 aromatic carbocycles. The Morgan fingerprint density at radius 1 is 0.964 bits per heavy atom. The van der Waals surface area contributed by atoms with Crippen LogP contribution in [-0.4, -0.2) is 50.1 Å². The van der Waals surface area contributed by atoms with E-state index in [4.69, 9.17) is 14.2 Å². The van der Waals surface area contributed by atoms with Gasteiger partial charge in [0.2, 0.25) is 5.75 Å². The molecule has 8 heteroatoms. The maximum Gasteiger partial charge on any atom is 0.331 e. The number of imide groups is 2. The highest BCUT2D eigenvalue weighted by Gasteiger charge is 2.40. The van der Waals surface area contributed by atoms with Gasteiger partial charge in [-0.05, 0) is 36.6 Å². The molecule has 1 aromatic rings. The fourth-order valence-electron chi connectivity index (χ4n) is 3.69. The summed E-state index contributed by atoms with van der Waals surface area (Å²) in [5.74, 6) is -0.0778. The molecule has 1 aliphatic carbocycles. The minimum Gasteiger partial charge on any atom is -0.493 e. The highest BCUT2D eigenvalue weighted by atomic mass is 16.5. The van der Waals surface area contributed by atoms with E-state index in [1.54, 1.807) is 12.1 Å². The lowest BCUT2D eigenvalue weighted by atomic mass is 9.93. The van der Waals surface area contributed by atoms with E-state index in [1.807, 2.05) is 0 Å². The Hall–Kier alpha value is -3.03. The zero-order chi connectivity index (χ0) is 20.3. The van der Waals surface area contributed by atoms with Gasteiger partial charge in [0.15, 0.2) is 11.5 Å². The number of benzene rings is 1. The van der Waals surface area contributed by atoms with Crippen molar-refractivity contribution in [2.24, 2.45) is 0 Å². The van der Waals surface area contributed by atoms with Crippen molar-refractivity contribution in [3.8, 4) is 17.2 Å². The van der Waals surface area contributed by atoms with Gasteiger partial charge >= 0.3 is 6.03 Å². The highest BCUT2D eigenvalue weighted by molar-refractivity contribution is 6.31. The third-order valence-electron chi connectivity index (χ3n) is 5.07. The number of nitrogens with zero attached hydrogens (tertiary/aromatic N) is 1. The molecule has 2 fully saturated rings. The fourth-order valence-corrected chi connectivity index (χ4v) is 3.69. The van der Waals surface area contributed by atoms with E-state index in [2.05, 4.69) is 5.32 Å². The molecule has 4 amide bonds. The fraction of sp³-hybridized carbons (Fsp3) is 0.450. The predicted octanol–water partition coefficient (Wildman–Crippen LogP) is 2.51. The molecule has 3 rings (SSSR count). The molecule has 0 spiro atoms. The Labute approximate surface area is 163 Å². The Balaban J connectivity index is 1.99. The molecule has 2 aliphatic rings. The molecule has 0 bridgehead atoms. The number of barbiturate groups is 1. The van der Waals surface area contributed by atoms with Crippen LogP contribution in [0.5, 0.6) is 17.2 Å². The van der Waals surface area contributed by atoms with Gasteiger partial charge in [-0.3, -0.25) is 19.8 Å². The SMILES string of the molecule is COc1cc(/C=C2\C(=O)NC(=O)N(C3CCCCC3)C2=O)cc(OC)c1OC. The molecule has 0 radical (unpaired) electrons. The summed E-state index contributed by atoms with van der Waals surface area (Å²) in [7, 11) is 4.45. The van der Waals surface area contributed by atoms with Crippen LogP contribution in [0.3, 0.4) is 0 Å². The maximum atomic E-state index is 13.0. The minimum absolute atomic E-state index is 0.0977. The number of hydrogen-bond acceptors (Lipinski definition) is 6. The highest BCUT2D eigenvalue weighted by Crippen LogP contribution is 2.39. The summed E-state index contributed by atoms with van der Waals surface area (Å²) in [5.41, 5.74) is 0.422. The molecular formula is C20H24N2O6. The molecule has 1 aliphatic heterocycles. The quantitative estimate of drug-likeness (QED) is 0.615. The van der Waals surface area contributed by atoms with Crippen LogP contribution in [-0.2, 0) is 9.59 Å². The molecule has 28 heavy (non-hydrogen) atoms. The van der Waals surface area contributed by atoms with Gasteiger partial charge in [0.1, 0.15) is 5.57 Å². The summed E-state index contributed by atoms with van der Waals surface area (Å²) in [6, 6.07) is 2.44. The summed E-state index contributed by atoms with van der Waals surface area (Å²) >= 11 is 0. The van der Waals surface area contributed by atoms with E-state index in [9.17, 15) is 14.4 Å². The van der Waals surface area contributed by atoms with E-state index in [-0.39, 0.29) is 11.6 Å². The van der Waals surface area contributed by atoms with Crippen LogP contribution in [0.4, 0.5) is 4.79 Å². The number of amides is 4. The van der Waals surface area contributed by atoms with Crippen molar-refractivity contribution in [1.29, 1.82) is 0 Å². The number of rotatable bonds is 5. The Kier molecular flexibility index (Phi) is 5.87. The van der Waals surface area contributed by atoms with Crippen LogP contribution in [0.15, 0.2) is 17.7 Å². The average Bonchev–Trinajstić information content (AvgIpc) is 2.70. The number of hydrogen-bond donors (Lipinski definition) is 1. The van der Waals surface area contributed by atoms with Crippen molar-refractivity contribution in [3.05, 3.63) is 23.3 Å². The Bertz CT molecular complexity index is 801. The summed E-state index contributed by atoms with van der Waals surface area (Å²) < 4.78 is 15.9. The largest absolute Gasteiger partial charge is 0.493 e. The Morgan fingerprint density at radius 2 is 1.57 bits per heavy atom. The molecular weight excluding hydrogens is 364 g/mol. The number of ether oxygens (including phenoxy) is 3. The normalized spacial score (nSPS) is 19.6. The molecule has 1 saturated heterocycles. The van der Waals surface area contributed by atoms with Crippen molar-refractivity contribution in [2.45, 2.75) is 38.1 Å². The molecule has 1 N–H and O–H groups in total. The van der Waals surface area contributed by atoms with E-state index in [0.717, 1.165) is 32.1 Å². The molecule has 150 valence electrons. The predicted molar refractivity (Wildman–Crippen MR) is 101 cm³/mol. The molecule has 0 atom stereocenters. The van der Waals surface area contributed by atoms with Gasteiger partial charge < -0.3 is 14.2 Å². The van der Waals surface area contributed by atoms with Crippen LogP contribution in [0.2, 0.25) is 0 Å². The summed E-state index contributed by atoms with van der Waals surface area (Å²) in [6.07, 6.45) is 5.95. The van der Waals surface area contributed by atoms with E-state index in [1.165, 1.54) is 32.3 Å². The van der Waals surface area contributed by atoms with E-state index in [0.29, 0.717) is 22.8 Å². The smallest absolute Gasteiger partial charge is 0.331 e. The number of methoxy groups -OCH3 is 3. The lowest BCUT2D eigenvalue weighted by molar-refractivity contribution is -0.132. The first-order valence-corrected chi connectivity index (χ1v) is 9.20. The van der Waals surface area contributed by atoms with Crippen molar-refractivity contribution in [2.75, 3.05) is 21.3 Å². The molecule has 1 saturated carbocycles. The van der Waals surface area contributed by atoms with Crippen molar-refractivity contribution < 1.29 is 28.6 Å². The number of urea groups is 1. The third kappa shape index (κ3) is 3.67. The monoisotopic (exact) mass is 388 g/mol. The molecule has 0 aromatic heterocycles. The van der Waals surface area contributed by atoms with Crippen molar-refractivity contribution in [1.82, 2.24) is 10.2 Å². The molecule has 0 unspecified atom stereocenters. The van der Waals surface area contributed by atoms with Crippen LogP contribution < -0.4 is 19.5 Å².